The molecule has 0 amide bonds. The van der Waals surface area contributed by atoms with Crippen LogP contribution in [0.2, 0.25) is 0 Å². The van der Waals surface area contributed by atoms with Crippen molar-refractivity contribution >= 4 is 0 Å². The Kier molecular flexibility index (Phi) is 5.80. The summed E-state index contributed by atoms with van der Waals surface area (Å²) in [5.41, 5.74) is 0.933. The number of phenols is 1. The predicted octanol–water partition coefficient (Wildman–Crippen LogP) is 2.74. The van der Waals surface area contributed by atoms with Gasteiger partial charge >= 0.3 is 0 Å². The third kappa shape index (κ3) is 4.46. The van der Waals surface area contributed by atoms with Crippen molar-refractivity contribution in [1.29, 1.82) is 0 Å². The summed E-state index contributed by atoms with van der Waals surface area (Å²) in [5, 5.41) is 12.6. The van der Waals surface area contributed by atoms with Crippen LogP contribution in [-0.4, -0.2) is 36.2 Å². The Balaban J connectivity index is 1.94. The summed E-state index contributed by atoms with van der Waals surface area (Å²) in [6, 6.07) is 4.70. The van der Waals surface area contributed by atoms with E-state index >= 15 is 0 Å². The summed E-state index contributed by atoms with van der Waals surface area (Å²) in [5.74, 6) is -0.0558. The van der Waals surface area contributed by atoms with E-state index in [0.717, 1.165) is 50.6 Å². The summed E-state index contributed by atoms with van der Waals surface area (Å²) >= 11 is 0. The van der Waals surface area contributed by atoms with Gasteiger partial charge in [-0.25, -0.2) is 4.39 Å². The lowest BCUT2D eigenvalue weighted by Gasteiger charge is -2.30. The molecule has 2 rings (SSSR count). The molecule has 112 valence electrons. The first kappa shape index (κ1) is 15.3. The first-order valence-corrected chi connectivity index (χ1v) is 7.59. The first-order chi connectivity index (χ1) is 9.69. The number of nitrogens with one attached hydrogen (secondary N) is 1. The average molecular weight is 280 g/mol. The number of benzene rings is 1. The van der Waals surface area contributed by atoms with Crippen LogP contribution in [0.15, 0.2) is 18.2 Å². The van der Waals surface area contributed by atoms with E-state index in [-0.39, 0.29) is 5.75 Å². The van der Waals surface area contributed by atoms with E-state index in [1.807, 2.05) is 6.07 Å². The van der Waals surface area contributed by atoms with Crippen molar-refractivity contribution in [1.82, 2.24) is 10.2 Å². The quantitative estimate of drug-likeness (QED) is 0.841. The Labute approximate surface area is 120 Å². The van der Waals surface area contributed by atoms with Gasteiger partial charge in [-0.15, -0.1) is 0 Å². The van der Waals surface area contributed by atoms with Crippen LogP contribution in [0.1, 0.15) is 31.7 Å². The van der Waals surface area contributed by atoms with Gasteiger partial charge in [0.05, 0.1) is 0 Å². The molecule has 0 spiro atoms. The number of hydrogen-bond acceptors (Lipinski definition) is 3. The molecule has 0 saturated carbocycles. The van der Waals surface area contributed by atoms with E-state index in [4.69, 9.17) is 0 Å². The fourth-order valence-corrected chi connectivity index (χ4v) is 2.89. The van der Waals surface area contributed by atoms with E-state index in [1.165, 1.54) is 25.0 Å². The second kappa shape index (κ2) is 7.60. The van der Waals surface area contributed by atoms with E-state index in [0.29, 0.717) is 0 Å². The smallest absolute Gasteiger partial charge is 0.165 e. The molecular formula is C16H25FN2O. The zero-order valence-electron chi connectivity index (χ0n) is 12.2. The molecule has 1 fully saturated rings. The molecule has 1 aromatic carbocycles. The van der Waals surface area contributed by atoms with Gasteiger partial charge < -0.3 is 10.4 Å². The number of hydrogen-bond donors (Lipinski definition) is 2. The van der Waals surface area contributed by atoms with Gasteiger partial charge in [-0.2, -0.15) is 0 Å². The van der Waals surface area contributed by atoms with Crippen molar-refractivity contribution in [3.63, 3.8) is 0 Å². The second-order valence-electron chi connectivity index (χ2n) is 5.71. The molecule has 1 heterocycles. The molecule has 20 heavy (non-hydrogen) atoms. The van der Waals surface area contributed by atoms with Gasteiger partial charge in [0.15, 0.2) is 11.6 Å². The third-order valence-electron chi connectivity index (χ3n) is 3.93. The number of aromatic hydroxyl groups is 1. The van der Waals surface area contributed by atoms with Crippen molar-refractivity contribution in [3.8, 4) is 5.75 Å². The minimum absolute atomic E-state index is 0.269. The fourth-order valence-electron chi connectivity index (χ4n) is 2.89. The van der Waals surface area contributed by atoms with E-state index < -0.39 is 5.82 Å². The molecule has 1 aliphatic rings. The molecule has 2 N–H and O–H groups in total. The van der Waals surface area contributed by atoms with Crippen molar-refractivity contribution in [2.24, 2.45) is 5.92 Å². The normalized spacial score (nSPS) is 16.8. The molecule has 0 atom stereocenters. The van der Waals surface area contributed by atoms with Gasteiger partial charge in [-0.3, -0.25) is 4.90 Å². The van der Waals surface area contributed by atoms with Gasteiger partial charge in [0, 0.05) is 13.1 Å². The van der Waals surface area contributed by atoms with Gasteiger partial charge in [0.2, 0.25) is 0 Å². The number of nitrogens with zero attached hydrogens (tertiary/aromatic N) is 1. The maximum absolute atomic E-state index is 13.4. The number of rotatable bonds is 6. The van der Waals surface area contributed by atoms with Crippen LogP contribution in [0, 0.1) is 11.7 Å². The highest BCUT2D eigenvalue weighted by Crippen LogP contribution is 2.19. The van der Waals surface area contributed by atoms with E-state index in [9.17, 15) is 9.50 Å². The summed E-state index contributed by atoms with van der Waals surface area (Å²) in [4.78, 5) is 2.40. The summed E-state index contributed by atoms with van der Waals surface area (Å²) in [6.45, 7) is 7.27. The highest BCUT2D eigenvalue weighted by atomic mass is 19.1. The van der Waals surface area contributed by atoms with Crippen LogP contribution in [0.25, 0.3) is 0 Å². The monoisotopic (exact) mass is 280 g/mol. The van der Waals surface area contributed by atoms with E-state index in [1.54, 1.807) is 0 Å². The Morgan fingerprint density at radius 2 is 2.10 bits per heavy atom. The highest BCUT2D eigenvalue weighted by Gasteiger charge is 2.17. The third-order valence-corrected chi connectivity index (χ3v) is 3.93. The lowest BCUT2D eigenvalue weighted by Crippen LogP contribution is -2.36. The van der Waals surface area contributed by atoms with Crippen molar-refractivity contribution < 1.29 is 9.50 Å². The lowest BCUT2D eigenvalue weighted by molar-refractivity contribution is 0.198. The highest BCUT2D eigenvalue weighted by molar-refractivity contribution is 5.27. The molecule has 1 aromatic rings. The summed E-state index contributed by atoms with van der Waals surface area (Å²) in [6.07, 6.45) is 3.56. The van der Waals surface area contributed by atoms with Gasteiger partial charge in [0.1, 0.15) is 0 Å². The molecule has 1 saturated heterocycles. The van der Waals surface area contributed by atoms with Crippen molar-refractivity contribution in [3.05, 3.63) is 29.6 Å². The predicted molar refractivity (Wildman–Crippen MR) is 79.2 cm³/mol. The zero-order valence-corrected chi connectivity index (χ0v) is 12.2. The van der Waals surface area contributed by atoms with Gasteiger partial charge in [0.25, 0.3) is 0 Å². The summed E-state index contributed by atoms with van der Waals surface area (Å²) in [7, 11) is 0. The van der Waals surface area contributed by atoms with Crippen LogP contribution in [0.3, 0.4) is 0 Å². The second-order valence-corrected chi connectivity index (χ2v) is 5.71. The van der Waals surface area contributed by atoms with Crippen LogP contribution < -0.4 is 5.32 Å². The molecular weight excluding hydrogens is 255 g/mol. The molecule has 4 heteroatoms. The Bertz CT molecular complexity index is 419. The molecule has 0 radical (unpaired) electrons. The zero-order chi connectivity index (χ0) is 14.4. The minimum Gasteiger partial charge on any atom is -0.505 e. The van der Waals surface area contributed by atoms with Crippen LogP contribution >= 0.6 is 0 Å². The molecule has 3 nitrogen and oxygen atoms in total. The van der Waals surface area contributed by atoms with E-state index in [2.05, 4.69) is 17.1 Å². The molecule has 0 aromatic heterocycles. The Hall–Kier alpha value is -1.13. The largest absolute Gasteiger partial charge is 0.505 e. The molecule has 0 bridgehead atoms. The lowest BCUT2D eigenvalue weighted by atomic mass is 9.97. The number of halogens is 1. The van der Waals surface area contributed by atoms with Gasteiger partial charge in [-0.1, -0.05) is 13.0 Å². The SMILES string of the molecule is CCCN(Cc1ccc(O)c(F)c1)CC1CCNCC1. The Morgan fingerprint density at radius 1 is 1.35 bits per heavy atom. The van der Waals surface area contributed by atoms with Crippen molar-refractivity contribution in [2.75, 3.05) is 26.2 Å². The molecule has 0 aliphatic carbocycles. The minimum atomic E-state index is -0.527. The topological polar surface area (TPSA) is 35.5 Å². The first-order valence-electron chi connectivity index (χ1n) is 7.59. The standard InChI is InChI=1S/C16H25FN2O/c1-2-9-19(11-13-5-7-18-8-6-13)12-14-3-4-16(20)15(17)10-14/h3-4,10,13,18,20H,2,5-9,11-12H2,1H3. The number of phenolic OH excluding ortho intramolecular Hbond substituents is 1. The fraction of sp³-hybridized carbons (Fsp3) is 0.625. The maximum Gasteiger partial charge on any atom is 0.165 e. The Morgan fingerprint density at radius 3 is 2.75 bits per heavy atom. The average Bonchev–Trinajstić information content (AvgIpc) is 2.44. The van der Waals surface area contributed by atoms with Crippen molar-refractivity contribution in [2.45, 2.75) is 32.7 Å². The molecule has 1 aliphatic heterocycles. The number of piperidine rings is 1. The van der Waals surface area contributed by atoms with Crippen LogP contribution in [0.5, 0.6) is 5.75 Å². The maximum atomic E-state index is 13.4. The van der Waals surface area contributed by atoms with Gasteiger partial charge in [-0.05, 0) is 62.5 Å². The molecule has 0 unspecified atom stereocenters. The van der Waals surface area contributed by atoms with Crippen LogP contribution in [-0.2, 0) is 6.54 Å². The summed E-state index contributed by atoms with van der Waals surface area (Å²) < 4.78 is 13.4. The van der Waals surface area contributed by atoms with Crippen LogP contribution in [0.4, 0.5) is 4.39 Å².